The van der Waals surface area contributed by atoms with E-state index in [4.69, 9.17) is 9.47 Å². The summed E-state index contributed by atoms with van der Waals surface area (Å²) in [5.74, 6) is 0.691. The number of carbonyl (C=O) groups excluding carboxylic acids is 1. The van der Waals surface area contributed by atoms with Gasteiger partial charge in [0.1, 0.15) is 12.4 Å². The maximum Gasteiger partial charge on any atom is 0.254 e. The number of morpholine rings is 1. The van der Waals surface area contributed by atoms with Gasteiger partial charge in [0.05, 0.1) is 29.5 Å². The minimum Gasteiger partial charge on any atom is -0.487 e. The molecule has 0 N–H and O–H groups in total. The molecule has 0 saturated carbocycles. The molecule has 128 valence electrons. The van der Waals surface area contributed by atoms with Crippen LogP contribution >= 0.6 is 11.3 Å². The Balaban J connectivity index is 1.71. The van der Waals surface area contributed by atoms with Crippen LogP contribution in [0.2, 0.25) is 0 Å². The molecule has 3 rings (SSSR count). The molecular formula is C18H22N2O3S. The molecule has 0 unspecified atom stereocenters. The highest BCUT2D eigenvalue weighted by Gasteiger charge is 2.34. The molecule has 1 fully saturated rings. The number of rotatable bonds is 4. The SMILES string of the molecule is Cc1nc(COc2cccc(C(=O)N3CCOCC3(C)C)c2)cs1. The number of carbonyl (C=O) groups is 1. The zero-order chi connectivity index (χ0) is 17.2. The minimum atomic E-state index is -0.301. The lowest BCUT2D eigenvalue weighted by Crippen LogP contribution is -2.55. The first-order valence-corrected chi connectivity index (χ1v) is 8.87. The molecule has 5 nitrogen and oxygen atoms in total. The van der Waals surface area contributed by atoms with Crippen molar-refractivity contribution in [3.63, 3.8) is 0 Å². The average molecular weight is 346 g/mol. The first-order valence-electron chi connectivity index (χ1n) is 7.99. The Morgan fingerprint density at radius 2 is 2.29 bits per heavy atom. The van der Waals surface area contributed by atoms with Crippen molar-refractivity contribution in [1.29, 1.82) is 0 Å². The highest BCUT2D eigenvalue weighted by molar-refractivity contribution is 7.09. The summed E-state index contributed by atoms with van der Waals surface area (Å²) < 4.78 is 11.3. The number of nitrogens with zero attached hydrogens (tertiary/aromatic N) is 2. The monoisotopic (exact) mass is 346 g/mol. The standard InChI is InChI=1S/C18H22N2O3S/c1-13-19-15(11-24-13)10-23-16-6-4-5-14(9-16)17(21)20-7-8-22-12-18(20,2)3/h4-6,9,11H,7-8,10,12H2,1-3H3. The Labute approximate surface area is 146 Å². The summed E-state index contributed by atoms with van der Waals surface area (Å²) in [6.07, 6.45) is 0. The summed E-state index contributed by atoms with van der Waals surface area (Å²) in [6.45, 7) is 8.16. The van der Waals surface area contributed by atoms with Gasteiger partial charge in [-0.3, -0.25) is 4.79 Å². The van der Waals surface area contributed by atoms with Gasteiger partial charge in [-0.2, -0.15) is 0 Å². The van der Waals surface area contributed by atoms with E-state index < -0.39 is 0 Å². The van der Waals surface area contributed by atoms with Gasteiger partial charge in [0, 0.05) is 17.5 Å². The lowest BCUT2D eigenvalue weighted by atomic mass is 10.0. The summed E-state index contributed by atoms with van der Waals surface area (Å²) >= 11 is 1.60. The smallest absolute Gasteiger partial charge is 0.254 e. The lowest BCUT2D eigenvalue weighted by molar-refractivity contribution is -0.0370. The van der Waals surface area contributed by atoms with E-state index in [0.29, 0.717) is 37.7 Å². The third-order valence-electron chi connectivity index (χ3n) is 4.02. The summed E-state index contributed by atoms with van der Waals surface area (Å²) in [5, 5.41) is 3.01. The van der Waals surface area contributed by atoms with Crippen molar-refractivity contribution in [2.24, 2.45) is 0 Å². The molecule has 24 heavy (non-hydrogen) atoms. The first-order chi connectivity index (χ1) is 11.5. The van der Waals surface area contributed by atoms with Gasteiger partial charge in [-0.1, -0.05) is 6.07 Å². The molecule has 0 bridgehead atoms. The topological polar surface area (TPSA) is 51.7 Å². The second kappa shape index (κ2) is 6.91. The zero-order valence-electron chi connectivity index (χ0n) is 14.2. The number of aromatic nitrogens is 1. The molecule has 1 aromatic heterocycles. The maximum absolute atomic E-state index is 12.8. The fourth-order valence-electron chi connectivity index (χ4n) is 2.74. The third kappa shape index (κ3) is 3.76. The van der Waals surface area contributed by atoms with Crippen LogP contribution in [0.3, 0.4) is 0 Å². The molecule has 0 atom stereocenters. The van der Waals surface area contributed by atoms with Crippen molar-refractivity contribution in [2.45, 2.75) is 32.9 Å². The van der Waals surface area contributed by atoms with Gasteiger partial charge in [-0.15, -0.1) is 11.3 Å². The van der Waals surface area contributed by atoms with Crippen LogP contribution < -0.4 is 4.74 Å². The van der Waals surface area contributed by atoms with Gasteiger partial charge in [-0.05, 0) is 39.0 Å². The van der Waals surface area contributed by atoms with E-state index in [9.17, 15) is 4.79 Å². The van der Waals surface area contributed by atoms with E-state index in [1.54, 1.807) is 17.4 Å². The van der Waals surface area contributed by atoms with E-state index in [1.807, 2.05) is 49.3 Å². The fraction of sp³-hybridized carbons (Fsp3) is 0.444. The van der Waals surface area contributed by atoms with Crippen LogP contribution in [0.4, 0.5) is 0 Å². The number of thiazole rings is 1. The molecule has 0 radical (unpaired) electrons. The number of hydrogen-bond donors (Lipinski definition) is 0. The Morgan fingerprint density at radius 1 is 1.46 bits per heavy atom. The molecule has 6 heteroatoms. The van der Waals surface area contributed by atoms with Crippen LogP contribution in [0.15, 0.2) is 29.6 Å². The van der Waals surface area contributed by atoms with Crippen LogP contribution in [-0.4, -0.2) is 41.1 Å². The Hall–Kier alpha value is -1.92. The third-order valence-corrected chi connectivity index (χ3v) is 4.85. The van der Waals surface area contributed by atoms with Crippen molar-refractivity contribution in [3.05, 3.63) is 45.9 Å². The predicted molar refractivity (Wildman–Crippen MR) is 93.6 cm³/mol. The Bertz CT molecular complexity index is 727. The fourth-order valence-corrected chi connectivity index (χ4v) is 3.34. The largest absolute Gasteiger partial charge is 0.487 e. The van der Waals surface area contributed by atoms with E-state index >= 15 is 0 Å². The number of benzene rings is 1. The Kier molecular flexibility index (Phi) is 4.87. The van der Waals surface area contributed by atoms with Crippen molar-refractivity contribution < 1.29 is 14.3 Å². The minimum absolute atomic E-state index is 0.0123. The van der Waals surface area contributed by atoms with Crippen LogP contribution in [0.1, 0.15) is 34.9 Å². The number of ether oxygens (including phenoxy) is 2. The second-order valence-corrected chi connectivity index (χ2v) is 7.56. The molecule has 1 aromatic carbocycles. The van der Waals surface area contributed by atoms with Gasteiger partial charge in [0.25, 0.3) is 5.91 Å². The van der Waals surface area contributed by atoms with Crippen LogP contribution in [-0.2, 0) is 11.3 Å². The quantitative estimate of drug-likeness (QED) is 0.852. The van der Waals surface area contributed by atoms with Gasteiger partial charge in [0.2, 0.25) is 0 Å². The van der Waals surface area contributed by atoms with Crippen molar-refractivity contribution in [3.8, 4) is 5.75 Å². The number of amides is 1. The van der Waals surface area contributed by atoms with Crippen LogP contribution in [0, 0.1) is 6.92 Å². The van der Waals surface area contributed by atoms with E-state index in [2.05, 4.69) is 4.98 Å². The number of aryl methyl sites for hydroxylation is 1. The molecule has 0 spiro atoms. The zero-order valence-corrected chi connectivity index (χ0v) is 15.1. The first kappa shape index (κ1) is 16.9. The van der Waals surface area contributed by atoms with E-state index in [1.165, 1.54) is 0 Å². The van der Waals surface area contributed by atoms with Crippen molar-refractivity contribution >= 4 is 17.2 Å². The van der Waals surface area contributed by atoms with Crippen molar-refractivity contribution in [1.82, 2.24) is 9.88 Å². The molecule has 1 aliphatic heterocycles. The van der Waals surface area contributed by atoms with Crippen molar-refractivity contribution in [2.75, 3.05) is 19.8 Å². The molecule has 1 amide bonds. The summed E-state index contributed by atoms with van der Waals surface area (Å²) in [7, 11) is 0. The van der Waals surface area contributed by atoms with Gasteiger partial charge in [-0.25, -0.2) is 4.98 Å². The molecule has 2 aromatic rings. The number of hydrogen-bond acceptors (Lipinski definition) is 5. The summed E-state index contributed by atoms with van der Waals surface area (Å²) in [5.41, 5.74) is 1.24. The average Bonchev–Trinajstić information content (AvgIpc) is 2.98. The predicted octanol–water partition coefficient (Wildman–Crippen LogP) is 3.28. The second-order valence-electron chi connectivity index (χ2n) is 6.50. The van der Waals surface area contributed by atoms with Gasteiger partial charge >= 0.3 is 0 Å². The Morgan fingerprint density at radius 3 is 3.00 bits per heavy atom. The normalized spacial score (nSPS) is 16.9. The highest BCUT2D eigenvalue weighted by atomic mass is 32.1. The maximum atomic E-state index is 12.8. The van der Waals surface area contributed by atoms with Gasteiger partial charge in [0.15, 0.2) is 0 Å². The molecular weight excluding hydrogens is 324 g/mol. The summed E-state index contributed by atoms with van der Waals surface area (Å²) in [4.78, 5) is 19.1. The van der Waals surface area contributed by atoms with Crippen LogP contribution in [0.5, 0.6) is 5.75 Å². The molecule has 0 aliphatic carbocycles. The van der Waals surface area contributed by atoms with Gasteiger partial charge < -0.3 is 14.4 Å². The molecule has 1 aliphatic rings. The van der Waals surface area contributed by atoms with E-state index in [0.717, 1.165) is 10.7 Å². The summed E-state index contributed by atoms with van der Waals surface area (Å²) in [6, 6.07) is 7.34. The van der Waals surface area contributed by atoms with Crippen LogP contribution in [0.25, 0.3) is 0 Å². The lowest BCUT2D eigenvalue weighted by Gasteiger charge is -2.42. The molecule has 2 heterocycles. The highest BCUT2D eigenvalue weighted by Crippen LogP contribution is 2.23. The van der Waals surface area contributed by atoms with E-state index in [-0.39, 0.29) is 11.4 Å². The molecule has 1 saturated heterocycles.